The van der Waals surface area contributed by atoms with Gasteiger partial charge in [0.2, 0.25) is 11.7 Å². The first-order chi connectivity index (χ1) is 20.6. The van der Waals surface area contributed by atoms with Gasteiger partial charge in [-0.25, -0.2) is 4.79 Å². The highest BCUT2D eigenvalue weighted by atomic mass is 19.1. The highest BCUT2D eigenvalue weighted by Gasteiger charge is 2.54. The van der Waals surface area contributed by atoms with Crippen molar-refractivity contribution in [3.05, 3.63) is 68.7 Å². The van der Waals surface area contributed by atoms with Crippen LogP contribution in [0.15, 0.2) is 46.1 Å². The first-order valence-corrected chi connectivity index (χ1v) is 14.7. The molecule has 1 aromatic carbocycles. The summed E-state index contributed by atoms with van der Waals surface area (Å²) in [5, 5.41) is 2.92. The maximum Gasteiger partial charge on any atom is 0.331 e. The van der Waals surface area contributed by atoms with Crippen LogP contribution in [0.3, 0.4) is 0 Å². The molecule has 1 aromatic heterocycles. The minimum absolute atomic E-state index is 0.0352. The molecule has 3 heterocycles. The number of hydrogen-bond donors (Lipinski definition) is 2. The SMILES string of the molecule is CC1C[C@H](NC(=O)[C@@H](OC2CCCCO2)C2(Cc3ccccc3)CC2)C(=O)N(CC(=O)OCn2cc(F)c(=O)[nH]c2=O)C1. The van der Waals surface area contributed by atoms with E-state index in [1.807, 2.05) is 37.3 Å². The molecule has 5 rings (SSSR count). The molecule has 0 radical (unpaired) electrons. The van der Waals surface area contributed by atoms with E-state index >= 15 is 0 Å². The number of aromatic amines is 1. The Labute approximate surface area is 247 Å². The van der Waals surface area contributed by atoms with Gasteiger partial charge < -0.3 is 24.4 Å². The van der Waals surface area contributed by atoms with Crippen molar-refractivity contribution in [2.24, 2.45) is 11.3 Å². The quantitative estimate of drug-likeness (QED) is 0.369. The number of aromatic nitrogens is 2. The fraction of sp³-hybridized carbons (Fsp3) is 0.567. The van der Waals surface area contributed by atoms with Gasteiger partial charge in [0.1, 0.15) is 18.7 Å². The van der Waals surface area contributed by atoms with Gasteiger partial charge in [-0.15, -0.1) is 0 Å². The number of hydrogen-bond acceptors (Lipinski definition) is 8. The van der Waals surface area contributed by atoms with Gasteiger partial charge in [0.05, 0.1) is 6.20 Å². The van der Waals surface area contributed by atoms with Crippen molar-refractivity contribution < 1.29 is 33.0 Å². The summed E-state index contributed by atoms with van der Waals surface area (Å²) in [6.45, 7) is 1.68. The highest BCUT2D eigenvalue weighted by Crippen LogP contribution is 2.53. The van der Waals surface area contributed by atoms with Crippen molar-refractivity contribution in [3.8, 4) is 0 Å². The lowest BCUT2D eigenvalue weighted by Gasteiger charge is -2.37. The summed E-state index contributed by atoms with van der Waals surface area (Å²) in [7, 11) is 0. The molecule has 3 fully saturated rings. The van der Waals surface area contributed by atoms with E-state index in [4.69, 9.17) is 14.2 Å². The fourth-order valence-electron chi connectivity index (χ4n) is 5.85. The van der Waals surface area contributed by atoms with Gasteiger partial charge in [-0.1, -0.05) is 37.3 Å². The van der Waals surface area contributed by atoms with Crippen molar-refractivity contribution in [1.29, 1.82) is 0 Å². The standard InChI is InChI=1S/C30H37FN4O8/c1-19-13-22(28(39)34(15-19)17-23(36)42-18-35-16-21(31)26(37)33-29(35)40)32-27(38)25(43-24-9-5-6-12-41-24)30(10-11-30)14-20-7-3-2-4-8-20/h2-4,7-8,16,19,22,24-25H,5-6,9-15,17-18H2,1H3,(H,32,38)(H,33,37,40)/t19?,22-,24?,25+/m0/s1. The second-order valence-electron chi connectivity index (χ2n) is 11.8. The van der Waals surface area contributed by atoms with Gasteiger partial charge in [0.25, 0.3) is 11.5 Å². The first-order valence-electron chi connectivity index (χ1n) is 14.7. The van der Waals surface area contributed by atoms with Crippen molar-refractivity contribution in [2.75, 3.05) is 19.7 Å². The molecule has 2 saturated heterocycles. The van der Waals surface area contributed by atoms with Crippen LogP contribution in [0.2, 0.25) is 0 Å². The predicted molar refractivity (Wildman–Crippen MR) is 150 cm³/mol. The summed E-state index contributed by atoms with van der Waals surface area (Å²) in [6.07, 6.45) is 4.58. The van der Waals surface area contributed by atoms with Gasteiger partial charge in [0.15, 0.2) is 13.0 Å². The van der Waals surface area contributed by atoms with Gasteiger partial charge in [-0.3, -0.25) is 28.7 Å². The van der Waals surface area contributed by atoms with E-state index in [9.17, 15) is 28.4 Å². The molecular weight excluding hydrogens is 563 g/mol. The summed E-state index contributed by atoms with van der Waals surface area (Å²) in [5.41, 5.74) is -1.43. The Kier molecular flexibility index (Phi) is 9.40. The summed E-state index contributed by atoms with van der Waals surface area (Å²) >= 11 is 0. The second kappa shape index (κ2) is 13.2. The molecule has 0 spiro atoms. The van der Waals surface area contributed by atoms with E-state index in [1.165, 1.54) is 4.90 Å². The largest absolute Gasteiger partial charge is 0.442 e. The Morgan fingerprint density at radius 1 is 1.19 bits per heavy atom. The number of nitrogens with zero attached hydrogens (tertiary/aromatic N) is 2. The van der Waals surface area contributed by atoms with Crippen molar-refractivity contribution in [1.82, 2.24) is 19.8 Å². The molecule has 12 nitrogen and oxygen atoms in total. The zero-order valence-corrected chi connectivity index (χ0v) is 24.1. The normalized spacial score (nSPS) is 23.8. The maximum absolute atomic E-state index is 13.8. The molecule has 232 valence electrons. The molecule has 1 saturated carbocycles. The average Bonchev–Trinajstić information content (AvgIpc) is 3.76. The number of H-pyrrole nitrogens is 1. The topological polar surface area (TPSA) is 149 Å². The van der Waals surface area contributed by atoms with Crippen LogP contribution in [0.5, 0.6) is 0 Å². The molecule has 2 unspecified atom stereocenters. The molecule has 1 aliphatic carbocycles. The van der Waals surface area contributed by atoms with Crippen LogP contribution < -0.4 is 16.6 Å². The number of esters is 1. The molecule has 3 aliphatic rings. The smallest absolute Gasteiger partial charge is 0.331 e. The first kappa shape index (κ1) is 30.6. The lowest BCUT2D eigenvalue weighted by Crippen LogP contribution is -2.58. The lowest BCUT2D eigenvalue weighted by molar-refractivity contribution is -0.204. The van der Waals surface area contributed by atoms with Gasteiger partial charge in [0, 0.05) is 18.6 Å². The monoisotopic (exact) mass is 600 g/mol. The number of amides is 2. The van der Waals surface area contributed by atoms with Gasteiger partial charge in [-0.05, 0) is 56.4 Å². The van der Waals surface area contributed by atoms with Crippen LogP contribution in [0.4, 0.5) is 4.39 Å². The number of carbonyl (C=O) groups excluding carboxylic acids is 3. The molecule has 2 aromatic rings. The predicted octanol–water partition coefficient (Wildman–Crippen LogP) is 1.46. The summed E-state index contributed by atoms with van der Waals surface area (Å²) in [5.74, 6) is -2.88. The van der Waals surface area contributed by atoms with E-state index in [-0.39, 0.29) is 18.4 Å². The lowest BCUT2D eigenvalue weighted by atomic mass is 9.89. The van der Waals surface area contributed by atoms with Crippen LogP contribution in [-0.2, 0) is 41.7 Å². The van der Waals surface area contributed by atoms with E-state index in [0.717, 1.165) is 31.2 Å². The van der Waals surface area contributed by atoms with Crippen molar-refractivity contribution in [3.63, 3.8) is 0 Å². The fourth-order valence-corrected chi connectivity index (χ4v) is 5.85. The Bertz CT molecular complexity index is 1430. The third-order valence-electron chi connectivity index (χ3n) is 8.26. The van der Waals surface area contributed by atoms with E-state index in [0.29, 0.717) is 36.6 Å². The minimum atomic E-state index is -1.21. The van der Waals surface area contributed by atoms with E-state index in [2.05, 4.69) is 5.32 Å². The number of rotatable bonds is 11. The Morgan fingerprint density at radius 2 is 1.95 bits per heavy atom. The third kappa shape index (κ3) is 7.57. The molecule has 2 amide bonds. The van der Waals surface area contributed by atoms with Crippen molar-refractivity contribution in [2.45, 2.75) is 77.0 Å². The molecule has 2 aliphatic heterocycles. The molecule has 43 heavy (non-hydrogen) atoms. The minimum Gasteiger partial charge on any atom is -0.442 e. The van der Waals surface area contributed by atoms with Crippen LogP contribution in [0, 0.1) is 17.2 Å². The summed E-state index contributed by atoms with van der Waals surface area (Å²) < 4.78 is 31.4. The zero-order valence-electron chi connectivity index (χ0n) is 24.1. The van der Waals surface area contributed by atoms with Gasteiger partial charge >= 0.3 is 11.7 Å². The number of benzene rings is 1. The van der Waals surface area contributed by atoms with E-state index in [1.54, 1.807) is 4.98 Å². The number of likely N-dealkylation sites (tertiary alicyclic amines) is 1. The second-order valence-corrected chi connectivity index (χ2v) is 11.8. The molecule has 2 N–H and O–H groups in total. The van der Waals surface area contributed by atoms with E-state index < -0.39 is 66.1 Å². The maximum atomic E-state index is 13.8. The van der Waals surface area contributed by atoms with Crippen molar-refractivity contribution >= 4 is 17.8 Å². The molecule has 13 heteroatoms. The average molecular weight is 601 g/mol. The third-order valence-corrected chi connectivity index (χ3v) is 8.26. The number of carbonyl (C=O) groups is 3. The van der Waals surface area contributed by atoms with Crippen LogP contribution in [-0.4, -0.2) is 70.4 Å². The number of nitrogens with one attached hydrogen (secondary N) is 2. The number of ether oxygens (including phenoxy) is 3. The van der Waals surface area contributed by atoms with Crippen LogP contribution in [0.1, 0.15) is 51.0 Å². The Balaban J connectivity index is 1.24. The molecular formula is C30H37FN4O8. The highest BCUT2D eigenvalue weighted by molar-refractivity contribution is 5.92. The Morgan fingerprint density at radius 3 is 2.65 bits per heavy atom. The van der Waals surface area contributed by atoms with Crippen LogP contribution in [0.25, 0.3) is 0 Å². The Hall–Kier alpha value is -3.84. The zero-order chi connectivity index (χ0) is 30.6. The van der Waals surface area contributed by atoms with Crippen LogP contribution >= 0.6 is 0 Å². The number of halogens is 1. The van der Waals surface area contributed by atoms with Gasteiger partial charge in [-0.2, -0.15) is 4.39 Å². The summed E-state index contributed by atoms with van der Waals surface area (Å²) in [4.78, 5) is 65.9. The molecule has 0 bridgehead atoms. The molecule has 4 atom stereocenters. The summed E-state index contributed by atoms with van der Waals surface area (Å²) in [6, 6.07) is 9.06. The number of piperidine rings is 1.